The molecule has 2 aromatic carbocycles. The maximum absolute atomic E-state index is 12.7. The number of hydrogen-bond acceptors (Lipinski definition) is 10. The zero-order chi connectivity index (χ0) is 34.2. The van der Waals surface area contributed by atoms with Crippen LogP contribution in [0, 0.1) is 6.92 Å². The number of nitrogens with zero attached hydrogens (tertiary/aromatic N) is 4. The molecule has 6 rings (SSSR count). The second kappa shape index (κ2) is 15.3. The summed E-state index contributed by atoms with van der Waals surface area (Å²) in [6.07, 6.45) is 1.64. The molecule has 4 amide bonds. The Morgan fingerprint density at radius 2 is 1.18 bits per heavy atom. The third-order valence-corrected chi connectivity index (χ3v) is 9.03. The summed E-state index contributed by atoms with van der Waals surface area (Å²) in [5.74, 6) is -1.28. The predicted molar refractivity (Wildman–Crippen MR) is 185 cm³/mol. The van der Waals surface area contributed by atoms with Crippen LogP contribution < -0.4 is 21.3 Å². The number of carbonyl (C=O) groups is 4. The molecular weight excluding hydrogens is 665 g/mol. The highest BCUT2D eigenvalue weighted by Gasteiger charge is 2.16. The fourth-order valence-corrected chi connectivity index (χ4v) is 6.09. The zero-order valence-electron chi connectivity index (χ0n) is 26.1. The molecule has 14 nitrogen and oxygen atoms in total. The summed E-state index contributed by atoms with van der Waals surface area (Å²) in [4.78, 5) is 59.8. The lowest BCUT2D eigenvalue weighted by molar-refractivity contribution is 0.0922. The second-order valence-corrected chi connectivity index (χ2v) is 12.7. The third kappa shape index (κ3) is 8.11. The number of H-pyrrole nitrogens is 2. The van der Waals surface area contributed by atoms with Crippen LogP contribution in [-0.2, 0) is 0 Å². The van der Waals surface area contributed by atoms with E-state index in [1.54, 1.807) is 23.8 Å². The molecule has 4 heterocycles. The van der Waals surface area contributed by atoms with Gasteiger partial charge in [0.25, 0.3) is 23.6 Å². The van der Waals surface area contributed by atoms with Crippen molar-refractivity contribution in [2.75, 3.05) is 26.2 Å². The molecule has 0 saturated carbocycles. The van der Waals surface area contributed by atoms with Gasteiger partial charge in [-0.3, -0.25) is 29.4 Å². The number of benzene rings is 2. The SMILES string of the molecule is Cc1scnc1C(=O)NCCNC(=O)c1cc(-c2ccc(-c3cnc(C(=O)NCCNC(=O)c4cc(-c5ccccc5)n[nH]4)s3)cc2)n[nH]1. The molecule has 0 atom stereocenters. The second-order valence-electron chi connectivity index (χ2n) is 10.6. The Balaban J connectivity index is 0.939. The summed E-state index contributed by atoms with van der Waals surface area (Å²) < 4.78 is 0. The Bertz CT molecular complexity index is 2080. The highest BCUT2D eigenvalue weighted by molar-refractivity contribution is 7.17. The van der Waals surface area contributed by atoms with Gasteiger partial charge in [0.05, 0.1) is 21.8 Å². The third-order valence-electron chi connectivity index (χ3n) is 7.23. The van der Waals surface area contributed by atoms with E-state index in [1.807, 2.05) is 61.5 Å². The zero-order valence-corrected chi connectivity index (χ0v) is 27.7. The molecule has 248 valence electrons. The Kier molecular flexibility index (Phi) is 10.3. The molecule has 16 heteroatoms. The maximum Gasteiger partial charge on any atom is 0.280 e. The first-order valence-electron chi connectivity index (χ1n) is 15.1. The largest absolute Gasteiger partial charge is 0.349 e. The maximum atomic E-state index is 12.7. The molecule has 6 N–H and O–H groups in total. The smallest absolute Gasteiger partial charge is 0.280 e. The summed E-state index contributed by atoms with van der Waals surface area (Å²) in [5, 5.41) is 25.3. The summed E-state index contributed by atoms with van der Waals surface area (Å²) in [6.45, 7) is 2.78. The van der Waals surface area contributed by atoms with E-state index in [1.165, 1.54) is 22.7 Å². The molecule has 0 radical (unpaired) electrons. The van der Waals surface area contributed by atoms with Crippen molar-refractivity contribution in [1.82, 2.24) is 51.6 Å². The fraction of sp³-hybridized carbons (Fsp3) is 0.152. The number of rotatable bonds is 13. The number of nitrogens with one attached hydrogen (secondary N) is 6. The molecule has 0 saturated heterocycles. The van der Waals surface area contributed by atoms with Gasteiger partial charge in [0, 0.05) is 48.4 Å². The van der Waals surface area contributed by atoms with E-state index in [0.717, 1.165) is 26.4 Å². The molecule has 0 unspecified atom stereocenters. The monoisotopic (exact) mass is 694 g/mol. The van der Waals surface area contributed by atoms with Gasteiger partial charge in [-0.25, -0.2) is 9.97 Å². The van der Waals surface area contributed by atoms with Crippen LogP contribution in [0.1, 0.15) is 46.1 Å². The van der Waals surface area contributed by atoms with E-state index >= 15 is 0 Å². The van der Waals surface area contributed by atoms with Crippen molar-refractivity contribution in [3.8, 4) is 33.0 Å². The Morgan fingerprint density at radius 3 is 1.76 bits per heavy atom. The number of aromatic nitrogens is 6. The molecule has 0 aliphatic carbocycles. The lowest BCUT2D eigenvalue weighted by atomic mass is 10.1. The fourth-order valence-electron chi connectivity index (χ4n) is 4.68. The molecule has 0 aliphatic heterocycles. The first-order valence-corrected chi connectivity index (χ1v) is 16.8. The molecule has 0 aliphatic rings. The minimum absolute atomic E-state index is 0.223. The van der Waals surface area contributed by atoms with Crippen molar-refractivity contribution in [2.24, 2.45) is 0 Å². The Morgan fingerprint density at radius 1 is 0.653 bits per heavy atom. The first-order chi connectivity index (χ1) is 23.9. The van der Waals surface area contributed by atoms with Gasteiger partial charge in [0.2, 0.25) is 0 Å². The molecular formula is C33H30N10O4S2. The summed E-state index contributed by atoms with van der Waals surface area (Å²) in [6, 6.07) is 20.4. The van der Waals surface area contributed by atoms with Crippen LogP contribution in [-0.4, -0.2) is 80.2 Å². The number of carbonyl (C=O) groups excluding carboxylic acids is 4. The lowest BCUT2D eigenvalue weighted by Crippen LogP contribution is -2.35. The van der Waals surface area contributed by atoms with Gasteiger partial charge in [-0.1, -0.05) is 54.6 Å². The molecule has 49 heavy (non-hydrogen) atoms. The van der Waals surface area contributed by atoms with Gasteiger partial charge >= 0.3 is 0 Å². The summed E-state index contributed by atoms with van der Waals surface area (Å²) >= 11 is 2.65. The van der Waals surface area contributed by atoms with Crippen molar-refractivity contribution in [1.29, 1.82) is 0 Å². The van der Waals surface area contributed by atoms with Crippen LogP contribution in [0.2, 0.25) is 0 Å². The van der Waals surface area contributed by atoms with Crippen molar-refractivity contribution in [3.05, 3.63) is 105 Å². The molecule has 0 fully saturated rings. The molecule has 0 spiro atoms. The van der Waals surface area contributed by atoms with Gasteiger partial charge in [-0.15, -0.1) is 22.7 Å². The van der Waals surface area contributed by atoms with Crippen LogP contribution >= 0.6 is 22.7 Å². The summed E-state index contributed by atoms with van der Waals surface area (Å²) in [7, 11) is 0. The number of hydrogen-bond donors (Lipinski definition) is 6. The number of amides is 4. The normalized spacial score (nSPS) is 10.8. The first kappa shape index (κ1) is 32.9. The highest BCUT2D eigenvalue weighted by atomic mass is 32.1. The van der Waals surface area contributed by atoms with Gasteiger partial charge in [0.1, 0.15) is 17.1 Å². The number of aromatic amines is 2. The predicted octanol–water partition coefficient (Wildman–Crippen LogP) is 3.67. The molecule has 6 aromatic rings. The molecule has 4 aromatic heterocycles. The van der Waals surface area contributed by atoms with E-state index in [0.29, 0.717) is 27.8 Å². The van der Waals surface area contributed by atoms with Crippen molar-refractivity contribution in [2.45, 2.75) is 6.92 Å². The van der Waals surface area contributed by atoms with E-state index in [4.69, 9.17) is 0 Å². The number of aryl methyl sites for hydroxylation is 1. The van der Waals surface area contributed by atoms with Crippen LogP contribution in [0.3, 0.4) is 0 Å². The van der Waals surface area contributed by atoms with E-state index < -0.39 is 0 Å². The van der Waals surface area contributed by atoms with Crippen molar-refractivity contribution >= 4 is 46.3 Å². The van der Waals surface area contributed by atoms with E-state index in [2.05, 4.69) is 51.6 Å². The van der Waals surface area contributed by atoms with E-state index in [9.17, 15) is 19.2 Å². The van der Waals surface area contributed by atoms with Crippen molar-refractivity contribution in [3.63, 3.8) is 0 Å². The van der Waals surface area contributed by atoms with Crippen molar-refractivity contribution < 1.29 is 19.2 Å². The van der Waals surface area contributed by atoms with Crippen LogP contribution in [0.4, 0.5) is 0 Å². The van der Waals surface area contributed by atoms with Crippen LogP contribution in [0.15, 0.2) is 78.4 Å². The standard InChI is InChI=1S/C33H30N10O4S2/c1-19-28(39-18-48-19)31(46)36-13-11-34-30(45)26-16-24(41-43-26)21-7-9-22(10-8-21)27-17-38-33(49-27)32(47)37-14-12-35-29(44)25-15-23(40-42-25)20-5-3-2-4-6-20/h2-10,15-18H,11-14H2,1H3,(H,34,45)(H,35,44)(H,36,46)(H,37,47)(H,40,42)(H,41,43). The lowest BCUT2D eigenvalue weighted by Gasteiger charge is -2.05. The molecule has 0 bridgehead atoms. The minimum atomic E-state index is -0.345. The van der Waals surface area contributed by atoms with Crippen LogP contribution in [0.5, 0.6) is 0 Å². The van der Waals surface area contributed by atoms with Gasteiger partial charge in [0.15, 0.2) is 5.01 Å². The van der Waals surface area contributed by atoms with E-state index in [-0.39, 0.29) is 55.5 Å². The number of thiazole rings is 2. The Labute approximate surface area is 287 Å². The highest BCUT2D eigenvalue weighted by Crippen LogP contribution is 2.28. The van der Waals surface area contributed by atoms with Gasteiger partial charge in [-0.2, -0.15) is 10.2 Å². The van der Waals surface area contributed by atoms with Gasteiger partial charge < -0.3 is 21.3 Å². The topological polar surface area (TPSA) is 200 Å². The van der Waals surface area contributed by atoms with Crippen LogP contribution in [0.25, 0.3) is 33.0 Å². The quantitative estimate of drug-likeness (QED) is 0.0984. The summed E-state index contributed by atoms with van der Waals surface area (Å²) in [5.41, 5.74) is 6.44. The average Bonchev–Trinajstić information content (AvgIpc) is 3.96. The van der Waals surface area contributed by atoms with Gasteiger partial charge in [-0.05, 0) is 24.6 Å². The Hall–Kier alpha value is -6.00. The minimum Gasteiger partial charge on any atom is -0.349 e. The average molecular weight is 695 g/mol.